The van der Waals surface area contributed by atoms with Crippen LogP contribution in [0.1, 0.15) is 45.2 Å². The zero-order valence-corrected chi connectivity index (χ0v) is 14.5. The Morgan fingerprint density at radius 2 is 1.00 bits per heavy atom. The standard InChI is InChI=1S/2C9H10O.C3H8/c2*1-2-5-8-6-3-4-7-9(8)10;1-3-2/h2*2-7,10H,1H3;3H2,1-2H3/b2*5-2+;. The second-order valence-electron chi connectivity index (χ2n) is 4.82. The average molecular weight is 312 g/mol. The maximum Gasteiger partial charge on any atom is 0.122 e. The van der Waals surface area contributed by atoms with E-state index in [1.165, 1.54) is 6.42 Å². The van der Waals surface area contributed by atoms with E-state index in [-0.39, 0.29) is 0 Å². The fourth-order valence-electron chi connectivity index (χ4n) is 1.62. The fraction of sp³-hybridized carbons (Fsp3) is 0.238. The van der Waals surface area contributed by atoms with Gasteiger partial charge in [0, 0.05) is 11.1 Å². The third kappa shape index (κ3) is 9.20. The number of phenols is 2. The molecule has 0 radical (unpaired) electrons. The van der Waals surface area contributed by atoms with Crippen molar-refractivity contribution in [2.24, 2.45) is 0 Å². The lowest BCUT2D eigenvalue weighted by Crippen LogP contribution is -1.70. The summed E-state index contributed by atoms with van der Waals surface area (Å²) in [6, 6.07) is 14.5. The van der Waals surface area contributed by atoms with E-state index in [9.17, 15) is 10.2 Å². The van der Waals surface area contributed by atoms with Crippen LogP contribution < -0.4 is 0 Å². The molecule has 0 bridgehead atoms. The van der Waals surface area contributed by atoms with Crippen molar-refractivity contribution in [3.05, 3.63) is 71.8 Å². The molecule has 23 heavy (non-hydrogen) atoms. The molecule has 0 amide bonds. The lowest BCUT2D eigenvalue weighted by molar-refractivity contribution is 0.473. The van der Waals surface area contributed by atoms with Crippen molar-refractivity contribution < 1.29 is 10.2 Å². The van der Waals surface area contributed by atoms with Gasteiger partial charge >= 0.3 is 0 Å². The van der Waals surface area contributed by atoms with E-state index < -0.39 is 0 Å². The average Bonchev–Trinajstić information content (AvgIpc) is 2.54. The summed E-state index contributed by atoms with van der Waals surface area (Å²) in [4.78, 5) is 0. The SMILES string of the molecule is C/C=C/c1ccccc1O.C/C=C/c1ccccc1O.CCC. The fourth-order valence-corrected chi connectivity index (χ4v) is 1.62. The van der Waals surface area contributed by atoms with Gasteiger partial charge in [-0.15, -0.1) is 0 Å². The molecular formula is C21H28O2. The number of benzene rings is 2. The molecule has 0 fully saturated rings. The first-order chi connectivity index (χ1) is 11.1. The van der Waals surface area contributed by atoms with Gasteiger partial charge in [-0.25, -0.2) is 0 Å². The molecule has 2 nitrogen and oxygen atoms in total. The van der Waals surface area contributed by atoms with E-state index in [0.29, 0.717) is 11.5 Å². The number of hydrogen-bond donors (Lipinski definition) is 2. The first kappa shape index (κ1) is 20.5. The summed E-state index contributed by atoms with van der Waals surface area (Å²) in [5.74, 6) is 0.668. The van der Waals surface area contributed by atoms with Crippen LogP contribution in [-0.2, 0) is 0 Å². The Kier molecular flexibility index (Phi) is 11.8. The highest BCUT2D eigenvalue weighted by Crippen LogP contribution is 2.17. The normalized spacial score (nSPS) is 9.91. The number of phenolic OH excluding ortho intramolecular Hbond substituents is 2. The van der Waals surface area contributed by atoms with E-state index in [0.717, 1.165) is 11.1 Å². The number of hydrogen-bond acceptors (Lipinski definition) is 2. The second-order valence-corrected chi connectivity index (χ2v) is 4.82. The molecule has 0 aliphatic heterocycles. The molecule has 0 heterocycles. The zero-order valence-electron chi connectivity index (χ0n) is 14.5. The van der Waals surface area contributed by atoms with Crippen molar-refractivity contribution in [1.82, 2.24) is 0 Å². The molecule has 0 saturated heterocycles. The summed E-state index contributed by atoms with van der Waals surface area (Å²) in [5, 5.41) is 18.4. The molecule has 0 saturated carbocycles. The molecule has 0 unspecified atom stereocenters. The van der Waals surface area contributed by atoms with Gasteiger partial charge in [0.15, 0.2) is 0 Å². The highest BCUT2D eigenvalue weighted by Gasteiger charge is 1.91. The van der Waals surface area contributed by atoms with Crippen molar-refractivity contribution in [3.8, 4) is 11.5 Å². The Labute approximate surface area is 140 Å². The Morgan fingerprint density at radius 3 is 1.26 bits per heavy atom. The van der Waals surface area contributed by atoms with Crippen LogP contribution in [0.3, 0.4) is 0 Å². The van der Waals surface area contributed by atoms with Gasteiger partial charge in [-0.2, -0.15) is 0 Å². The molecule has 2 heteroatoms. The summed E-state index contributed by atoms with van der Waals surface area (Å²) in [5.41, 5.74) is 1.73. The minimum atomic E-state index is 0.334. The lowest BCUT2D eigenvalue weighted by Gasteiger charge is -1.94. The van der Waals surface area contributed by atoms with Crippen LogP contribution in [0, 0.1) is 0 Å². The molecule has 2 aromatic carbocycles. The van der Waals surface area contributed by atoms with E-state index >= 15 is 0 Å². The minimum Gasteiger partial charge on any atom is -0.507 e. The number of aromatic hydroxyl groups is 2. The van der Waals surface area contributed by atoms with Crippen LogP contribution in [0.15, 0.2) is 60.7 Å². The second kappa shape index (κ2) is 13.2. The molecule has 0 spiro atoms. The molecule has 0 atom stereocenters. The van der Waals surface area contributed by atoms with Crippen LogP contribution in [0.25, 0.3) is 12.2 Å². The van der Waals surface area contributed by atoms with Crippen LogP contribution in [0.2, 0.25) is 0 Å². The van der Waals surface area contributed by atoms with Crippen molar-refractivity contribution in [2.75, 3.05) is 0 Å². The first-order valence-corrected chi connectivity index (χ1v) is 7.91. The van der Waals surface area contributed by atoms with E-state index in [2.05, 4.69) is 13.8 Å². The van der Waals surface area contributed by atoms with Gasteiger partial charge in [0.1, 0.15) is 11.5 Å². The van der Waals surface area contributed by atoms with Gasteiger partial charge in [0.25, 0.3) is 0 Å². The van der Waals surface area contributed by atoms with Gasteiger partial charge in [0.2, 0.25) is 0 Å². The van der Waals surface area contributed by atoms with E-state index in [1.807, 2.05) is 74.5 Å². The predicted molar refractivity (Wildman–Crippen MR) is 102 cm³/mol. The van der Waals surface area contributed by atoms with Crippen LogP contribution in [0.5, 0.6) is 11.5 Å². The summed E-state index contributed by atoms with van der Waals surface area (Å²) in [7, 11) is 0. The van der Waals surface area contributed by atoms with Crippen LogP contribution >= 0.6 is 0 Å². The summed E-state index contributed by atoms with van der Waals surface area (Å²) < 4.78 is 0. The van der Waals surface area contributed by atoms with Gasteiger partial charge in [0.05, 0.1) is 0 Å². The van der Waals surface area contributed by atoms with E-state index in [4.69, 9.17) is 0 Å². The van der Waals surface area contributed by atoms with Gasteiger partial charge in [-0.05, 0) is 26.0 Å². The van der Waals surface area contributed by atoms with Gasteiger partial charge in [-0.3, -0.25) is 0 Å². The quantitative estimate of drug-likeness (QED) is 0.686. The molecule has 0 aromatic heterocycles. The molecule has 0 aliphatic rings. The largest absolute Gasteiger partial charge is 0.507 e. The maximum absolute atomic E-state index is 9.19. The molecule has 0 aliphatic carbocycles. The topological polar surface area (TPSA) is 40.5 Å². The summed E-state index contributed by atoms with van der Waals surface area (Å²) in [6.07, 6.45) is 8.79. The Morgan fingerprint density at radius 1 is 0.696 bits per heavy atom. The van der Waals surface area contributed by atoms with Crippen molar-refractivity contribution >= 4 is 12.2 Å². The van der Waals surface area contributed by atoms with Crippen LogP contribution in [-0.4, -0.2) is 10.2 Å². The number of rotatable bonds is 2. The smallest absolute Gasteiger partial charge is 0.122 e. The monoisotopic (exact) mass is 312 g/mol. The van der Waals surface area contributed by atoms with E-state index in [1.54, 1.807) is 12.1 Å². The molecule has 2 rings (SSSR count). The number of allylic oxidation sites excluding steroid dienone is 2. The predicted octanol–water partition coefficient (Wildman–Crippen LogP) is 6.27. The Bertz CT molecular complexity index is 545. The maximum atomic E-state index is 9.19. The Balaban J connectivity index is 0.000000360. The first-order valence-electron chi connectivity index (χ1n) is 7.91. The minimum absolute atomic E-state index is 0.334. The lowest BCUT2D eigenvalue weighted by atomic mass is 10.2. The summed E-state index contributed by atoms with van der Waals surface area (Å²) >= 11 is 0. The third-order valence-electron chi connectivity index (χ3n) is 2.57. The van der Waals surface area contributed by atoms with Crippen LogP contribution in [0.4, 0.5) is 0 Å². The highest BCUT2D eigenvalue weighted by atomic mass is 16.3. The third-order valence-corrected chi connectivity index (χ3v) is 2.57. The Hall–Kier alpha value is -2.48. The van der Waals surface area contributed by atoms with Crippen molar-refractivity contribution in [1.29, 1.82) is 0 Å². The molecule has 2 aromatic rings. The molecule has 124 valence electrons. The zero-order chi connectivity index (χ0) is 17.5. The number of para-hydroxylation sites is 2. The molecule has 2 N–H and O–H groups in total. The molecular weight excluding hydrogens is 284 g/mol. The van der Waals surface area contributed by atoms with Gasteiger partial charge < -0.3 is 10.2 Å². The summed E-state index contributed by atoms with van der Waals surface area (Å²) in [6.45, 7) is 8.10. The van der Waals surface area contributed by atoms with Crippen molar-refractivity contribution in [3.63, 3.8) is 0 Å². The van der Waals surface area contributed by atoms with Gasteiger partial charge in [-0.1, -0.05) is 81.0 Å². The van der Waals surface area contributed by atoms with Crippen molar-refractivity contribution in [2.45, 2.75) is 34.1 Å². The highest BCUT2D eigenvalue weighted by molar-refractivity contribution is 5.56.